The molecule has 0 unspecified atom stereocenters. The number of rotatable bonds is 4. The van der Waals surface area contributed by atoms with Gasteiger partial charge in [0.1, 0.15) is 29.5 Å². The average molecular weight is 591 g/mol. The number of anilines is 1. The molecule has 1 atom stereocenters. The summed E-state index contributed by atoms with van der Waals surface area (Å²) in [7, 11) is 0. The Morgan fingerprint density at radius 1 is 1.21 bits per heavy atom. The van der Waals surface area contributed by atoms with E-state index in [1.807, 2.05) is 38.7 Å². The van der Waals surface area contributed by atoms with Crippen molar-refractivity contribution in [1.29, 1.82) is 0 Å². The number of benzene rings is 2. The number of fused-ring (bicyclic) bond motifs is 5. The van der Waals surface area contributed by atoms with Crippen molar-refractivity contribution in [2.45, 2.75) is 53.2 Å². The molecule has 2 aliphatic rings. The molecule has 2 aromatic carbocycles. The molecule has 1 fully saturated rings. The summed E-state index contributed by atoms with van der Waals surface area (Å²) in [4.78, 5) is 34.8. The molecule has 10 heteroatoms. The number of furan rings is 1. The monoisotopic (exact) mass is 590 g/mol. The van der Waals surface area contributed by atoms with Gasteiger partial charge in [-0.2, -0.15) is 4.98 Å². The number of carbonyl (C=O) groups is 1. The standard InChI is InChI=1S/C32H32ClFN4O4/c1-7-23(39)36-10-11-37(19(6)13-36)31-21-12-22(33)25-24-20(9-8-17(4)26(24)34)15-42-30(25)28(21)38(32(40)35-31)27-18(5)14-41-29(27)16(2)3/h7-9,12,14,16,19H,1,10-11,13,15H2,2-6H3/t19-/m0/s1. The van der Waals surface area contributed by atoms with Crippen molar-refractivity contribution in [3.8, 4) is 22.6 Å². The van der Waals surface area contributed by atoms with Gasteiger partial charge in [-0.1, -0.05) is 44.2 Å². The predicted molar refractivity (Wildman–Crippen MR) is 161 cm³/mol. The van der Waals surface area contributed by atoms with Gasteiger partial charge in [-0.15, -0.1) is 0 Å². The lowest BCUT2D eigenvalue weighted by Crippen LogP contribution is -2.54. The van der Waals surface area contributed by atoms with Gasteiger partial charge in [0.25, 0.3) is 0 Å². The molecule has 218 valence electrons. The number of aromatic nitrogens is 2. The fourth-order valence-corrected chi connectivity index (χ4v) is 6.41. The third-order valence-electron chi connectivity index (χ3n) is 8.21. The van der Waals surface area contributed by atoms with Crippen molar-refractivity contribution in [3.05, 3.63) is 80.9 Å². The third kappa shape index (κ3) is 4.21. The smallest absolute Gasteiger partial charge is 0.354 e. The van der Waals surface area contributed by atoms with Crippen LogP contribution < -0.4 is 15.3 Å². The minimum atomic E-state index is -0.524. The minimum Gasteiger partial charge on any atom is -0.486 e. The van der Waals surface area contributed by atoms with Crippen LogP contribution in [0.1, 0.15) is 49.1 Å². The topological polar surface area (TPSA) is 80.8 Å². The Bertz CT molecular complexity index is 1840. The van der Waals surface area contributed by atoms with E-state index in [1.54, 1.807) is 30.2 Å². The zero-order valence-electron chi connectivity index (χ0n) is 24.3. The van der Waals surface area contributed by atoms with Crippen LogP contribution in [-0.4, -0.2) is 46.0 Å². The molecule has 8 nitrogen and oxygen atoms in total. The maximum Gasteiger partial charge on any atom is 0.354 e. The Morgan fingerprint density at radius 3 is 2.67 bits per heavy atom. The van der Waals surface area contributed by atoms with Gasteiger partial charge < -0.3 is 19.0 Å². The molecule has 4 heterocycles. The van der Waals surface area contributed by atoms with Crippen LogP contribution in [-0.2, 0) is 11.4 Å². The SMILES string of the molecule is C=CC(=O)N1CCN(c2nc(=O)n(-c3c(C)coc3C(C)C)c3c4c(c(Cl)cc23)-c2c(ccc(C)c2F)CO4)[C@@H](C)C1. The molecule has 42 heavy (non-hydrogen) atoms. The first-order chi connectivity index (χ1) is 20.0. The van der Waals surface area contributed by atoms with E-state index in [0.717, 1.165) is 5.56 Å². The number of ether oxygens (including phenoxy) is 1. The molecule has 0 N–H and O–H groups in total. The Labute approximate surface area is 248 Å². The summed E-state index contributed by atoms with van der Waals surface area (Å²) in [6.45, 7) is 14.6. The molecule has 0 bridgehead atoms. The Morgan fingerprint density at radius 2 is 1.98 bits per heavy atom. The minimum absolute atomic E-state index is 0.0318. The Kier molecular flexibility index (Phi) is 6.88. The van der Waals surface area contributed by atoms with Crippen LogP contribution in [0, 0.1) is 19.7 Å². The largest absolute Gasteiger partial charge is 0.486 e. The zero-order valence-corrected chi connectivity index (χ0v) is 25.0. The molecule has 2 aromatic heterocycles. The average Bonchev–Trinajstić information content (AvgIpc) is 3.35. The fourth-order valence-electron chi connectivity index (χ4n) is 6.12. The molecule has 1 saturated heterocycles. The van der Waals surface area contributed by atoms with E-state index in [2.05, 4.69) is 11.6 Å². The summed E-state index contributed by atoms with van der Waals surface area (Å²) in [6, 6.07) is 5.14. The molecule has 0 saturated carbocycles. The van der Waals surface area contributed by atoms with Gasteiger partial charge in [0.05, 0.1) is 17.0 Å². The van der Waals surface area contributed by atoms with Crippen molar-refractivity contribution < 1.29 is 18.3 Å². The van der Waals surface area contributed by atoms with Crippen LogP contribution in [0.15, 0.2) is 46.3 Å². The number of amides is 1. The summed E-state index contributed by atoms with van der Waals surface area (Å²) < 4.78 is 29.5. The van der Waals surface area contributed by atoms with Crippen molar-refractivity contribution >= 4 is 34.2 Å². The highest BCUT2D eigenvalue weighted by molar-refractivity contribution is 6.35. The number of piperazine rings is 1. The number of nitrogens with zero attached hydrogens (tertiary/aromatic N) is 4. The number of aryl methyl sites for hydroxylation is 2. The number of carbonyl (C=O) groups excluding carboxylic acids is 1. The van der Waals surface area contributed by atoms with Gasteiger partial charge >= 0.3 is 5.69 Å². The lowest BCUT2D eigenvalue weighted by atomic mass is 9.93. The molecule has 1 amide bonds. The van der Waals surface area contributed by atoms with Gasteiger partial charge in [0.2, 0.25) is 5.91 Å². The molecule has 6 rings (SSSR count). The summed E-state index contributed by atoms with van der Waals surface area (Å²) >= 11 is 6.97. The van der Waals surface area contributed by atoms with E-state index in [4.69, 9.17) is 20.8 Å². The van der Waals surface area contributed by atoms with E-state index in [9.17, 15) is 9.59 Å². The van der Waals surface area contributed by atoms with E-state index in [-0.39, 0.29) is 35.3 Å². The van der Waals surface area contributed by atoms with Crippen molar-refractivity contribution in [1.82, 2.24) is 14.5 Å². The van der Waals surface area contributed by atoms with Crippen LogP contribution in [0.3, 0.4) is 0 Å². The summed E-state index contributed by atoms with van der Waals surface area (Å²) in [6.07, 6.45) is 2.93. The molecular weight excluding hydrogens is 559 g/mol. The fraction of sp³-hybridized carbons (Fsp3) is 0.344. The summed E-state index contributed by atoms with van der Waals surface area (Å²) in [5.74, 6) is 0.820. The van der Waals surface area contributed by atoms with Crippen LogP contribution >= 0.6 is 11.6 Å². The summed E-state index contributed by atoms with van der Waals surface area (Å²) in [5.41, 5.74) is 3.19. The Hall–Kier alpha value is -4.11. The van der Waals surface area contributed by atoms with Crippen LogP contribution in [0.4, 0.5) is 10.2 Å². The van der Waals surface area contributed by atoms with E-state index < -0.39 is 5.69 Å². The number of hydrogen-bond donors (Lipinski definition) is 0. The van der Waals surface area contributed by atoms with Crippen molar-refractivity contribution in [3.63, 3.8) is 0 Å². The molecule has 0 aliphatic carbocycles. The second kappa shape index (κ2) is 10.3. The first-order valence-corrected chi connectivity index (χ1v) is 14.4. The molecular formula is C32H32ClFN4O4. The highest BCUT2D eigenvalue weighted by Crippen LogP contribution is 2.50. The Balaban J connectivity index is 1.69. The van der Waals surface area contributed by atoms with Crippen LogP contribution in [0.5, 0.6) is 5.75 Å². The maximum atomic E-state index is 15.7. The summed E-state index contributed by atoms with van der Waals surface area (Å²) in [5, 5.41) is 0.873. The highest BCUT2D eigenvalue weighted by Gasteiger charge is 2.34. The predicted octanol–water partition coefficient (Wildman–Crippen LogP) is 6.29. The first-order valence-electron chi connectivity index (χ1n) is 14.0. The second-order valence-corrected chi connectivity index (χ2v) is 11.8. The van der Waals surface area contributed by atoms with Crippen LogP contribution in [0.2, 0.25) is 5.02 Å². The van der Waals surface area contributed by atoms with Gasteiger partial charge in [0, 0.05) is 59.2 Å². The van der Waals surface area contributed by atoms with Gasteiger partial charge in [0.15, 0.2) is 5.75 Å². The molecule has 2 aliphatic heterocycles. The number of hydrogen-bond acceptors (Lipinski definition) is 6. The number of halogens is 2. The zero-order chi connectivity index (χ0) is 30.0. The van der Waals surface area contributed by atoms with Crippen molar-refractivity contribution in [2.24, 2.45) is 0 Å². The second-order valence-electron chi connectivity index (χ2n) is 11.3. The van der Waals surface area contributed by atoms with Crippen molar-refractivity contribution in [2.75, 3.05) is 24.5 Å². The normalized spacial score (nSPS) is 16.4. The lowest BCUT2D eigenvalue weighted by Gasteiger charge is -2.40. The van der Waals surface area contributed by atoms with Gasteiger partial charge in [-0.3, -0.25) is 9.36 Å². The third-order valence-corrected chi connectivity index (χ3v) is 8.51. The molecule has 0 spiro atoms. The van der Waals surface area contributed by atoms with Crippen LogP contribution in [0.25, 0.3) is 27.7 Å². The molecule has 0 radical (unpaired) electrons. The quantitative estimate of drug-likeness (QED) is 0.260. The van der Waals surface area contributed by atoms with E-state index in [0.29, 0.717) is 75.8 Å². The van der Waals surface area contributed by atoms with E-state index in [1.165, 1.54) is 10.6 Å². The maximum absolute atomic E-state index is 15.7. The lowest BCUT2D eigenvalue weighted by molar-refractivity contribution is -0.126. The van der Waals surface area contributed by atoms with E-state index >= 15 is 4.39 Å². The highest BCUT2D eigenvalue weighted by atomic mass is 35.5. The van der Waals surface area contributed by atoms with Gasteiger partial charge in [-0.25, -0.2) is 9.18 Å². The van der Waals surface area contributed by atoms with Gasteiger partial charge in [-0.05, 0) is 38.5 Å². The first kappa shape index (κ1) is 28.0. The molecule has 4 aromatic rings.